The zero-order chi connectivity index (χ0) is 28.3. The molecule has 0 radical (unpaired) electrons. The van der Waals surface area contributed by atoms with Gasteiger partial charge in [0.2, 0.25) is 0 Å². The lowest BCUT2D eigenvalue weighted by Crippen LogP contribution is -2.29. The Kier molecular flexibility index (Phi) is 6.02. The quantitative estimate of drug-likeness (QED) is 0.257. The van der Waals surface area contributed by atoms with E-state index in [0.29, 0.717) is 11.5 Å². The largest absolute Gasteiger partial charge is 0.341 e. The van der Waals surface area contributed by atoms with Crippen LogP contribution in [0.4, 0.5) is 0 Å². The van der Waals surface area contributed by atoms with Crippen LogP contribution in [0.2, 0.25) is 0 Å². The normalized spacial score (nSPS) is 17.8. The van der Waals surface area contributed by atoms with E-state index in [1.165, 1.54) is 5.56 Å². The summed E-state index contributed by atoms with van der Waals surface area (Å²) in [5, 5.41) is 11.9. The lowest BCUT2D eigenvalue weighted by molar-refractivity contribution is 0.0890. The molecule has 4 aromatic heterocycles. The summed E-state index contributed by atoms with van der Waals surface area (Å²) in [7, 11) is 0. The second-order valence-corrected chi connectivity index (χ2v) is 11.7. The summed E-state index contributed by atoms with van der Waals surface area (Å²) in [4.78, 5) is 30.4. The molecule has 1 amide bonds. The summed E-state index contributed by atoms with van der Waals surface area (Å²) < 4.78 is 7.33. The van der Waals surface area contributed by atoms with Gasteiger partial charge < -0.3 is 14.8 Å². The SMILES string of the molecule is CCn1nc(C)c(-c2nc3nccc(-c4ccc5c(c4)CCCCC5NC(=O)c4nc(C5(C)CC5)no4)c3[nH]2)c1C. The molecular formula is C31H34N8O2. The molecule has 0 bridgehead atoms. The number of H-pyrrole nitrogens is 1. The van der Waals surface area contributed by atoms with Gasteiger partial charge in [0.25, 0.3) is 0 Å². The van der Waals surface area contributed by atoms with Crippen LogP contribution in [0.15, 0.2) is 35.0 Å². The van der Waals surface area contributed by atoms with Crippen molar-refractivity contribution in [3.8, 4) is 22.5 Å². The van der Waals surface area contributed by atoms with E-state index in [9.17, 15) is 4.79 Å². The zero-order valence-electron chi connectivity index (χ0n) is 23.9. The maximum absolute atomic E-state index is 13.1. The number of imidazole rings is 1. The van der Waals surface area contributed by atoms with Gasteiger partial charge in [-0.25, -0.2) is 9.97 Å². The molecule has 0 saturated heterocycles. The number of carbonyl (C=O) groups is 1. The standard InChI is InChI=1S/C31H34N8O2/c1-5-39-18(3)24(17(2)37-39)26-34-25-22(12-15-32-27(25)35-26)20-10-11-21-19(16-20)8-6-7-9-23(21)33-28(40)29-36-30(38-41-29)31(4)13-14-31/h10-12,15-16,23H,5-9,13-14H2,1-4H3,(H,33,40)(H,32,34,35). The summed E-state index contributed by atoms with van der Waals surface area (Å²) in [5.41, 5.74) is 9.11. The average molecular weight is 551 g/mol. The summed E-state index contributed by atoms with van der Waals surface area (Å²) >= 11 is 0. The number of benzene rings is 1. The Morgan fingerprint density at radius 3 is 2.83 bits per heavy atom. The Morgan fingerprint density at radius 2 is 2.05 bits per heavy atom. The van der Waals surface area contributed by atoms with Crippen LogP contribution in [0.1, 0.15) is 91.0 Å². The van der Waals surface area contributed by atoms with E-state index >= 15 is 0 Å². The molecule has 2 aliphatic rings. The number of aromatic amines is 1. The Labute approximate surface area is 238 Å². The molecule has 4 heterocycles. The maximum atomic E-state index is 13.1. The lowest BCUT2D eigenvalue weighted by Gasteiger charge is -2.19. The van der Waals surface area contributed by atoms with Crippen LogP contribution >= 0.6 is 0 Å². The van der Waals surface area contributed by atoms with Gasteiger partial charge in [0.15, 0.2) is 11.5 Å². The molecule has 1 unspecified atom stereocenters. The van der Waals surface area contributed by atoms with Crippen molar-refractivity contribution >= 4 is 17.1 Å². The van der Waals surface area contributed by atoms with Crippen LogP contribution in [0.3, 0.4) is 0 Å². The molecule has 1 aromatic carbocycles. The Morgan fingerprint density at radius 1 is 1.20 bits per heavy atom. The van der Waals surface area contributed by atoms with E-state index in [2.05, 4.69) is 69.5 Å². The molecule has 0 aliphatic heterocycles. The van der Waals surface area contributed by atoms with Gasteiger partial charge in [0.1, 0.15) is 5.82 Å². The molecule has 10 heteroatoms. The molecule has 1 fully saturated rings. The number of pyridine rings is 1. The number of nitrogens with zero attached hydrogens (tertiary/aromatic N) is 6. The first-order valence-electron chi connectivity index (χ1n) is 14.5. The van der Waals surface area contributed by atoms with Crippen molar-refractivity contribution in [1.29, 1.82) is 0 Å². The molecule has 7 rings (SSSR count). The highest BCUT2D eigenvalue weighted by Crippen LogP contribution is 2.46. The molecule has 1 atom stereocenters. The fourth-order valence-corrected chi connectivity index (χ4v) is 6.11. The van der Waals surface area contributed by atoms with Crippen LogP contribution in [0.25, 0.3) is 33.7 Å². The number of hydrogen-bond acceptors (Lipinski definition) is 7. The summed E-state index contributed by atoms with van der Waals surface area (Å²) in [6, 6.07) is 8.44. The van der Waals surface area contributed by atoms with Gasteiger partial charge in [-0.05, 0) is 75.6 Å². The Hall–Kier alpha value is -4.34. The van der Waals surface area contributed by atoms with Gasteiger partial charge >= 0.3 is 11.8 Å². The summed E-state index contributed by atoms with van der Waals surface area (Å²) in [6.45, 7) is 9.09. The number of hydrogen-bond donors (Lipinski definition) is 2. The van der Waals surface area contributed by atoms with Gasteiger partial charge in [-0.2, -0.15) is 10.1 Å². The van der Waals surface area contributed by atoms with Crippen LogP contribution in [0.5, 0.6) is 0 Å². The third-order valence-corrected chi connectivity index (χ3v) is 8.79. The Balaban J connectivity index is 1.20. The van der Waals surface area contributed by atoms with E-state index < -0.39 is 0 Å². The molecule has 41 heavy (non-hydrogen) atoms. The minimum absolute atomic E-state index is 0.0414. The summed E-state index contributed by atoms with van der Waals surface area (Å²) in [5.74, 6) is 1.14. The molecule has 5 aromatic rings. The van der Waals surface area contributed by atoms with Gasteiger partial charge in [-0.1, -0.05) is 36.7 Å². The van der Waals surface area contributed by atoms with Gasteiger partial charge in [-0.3, -0.25) is 9.48 Å². The van der Waals surface area contributed by atoms with Gasteiger partial charge in [0, 0.05) is 29.4 Å². The molecule has 210 valence electrons. The van der Waals surface area contributed by atoms with Gasteiger partial charge in [0.05, 0.1) is 22.8 Å². The van der Waals surface area contributed by atoms with Crippen LogP contribution in [-0.2, 0) is 18.4 Å². The molecular weight excluding hydrogens is 516 g/mol. The number of aryl methyl sites for hydroxylation is 3. The molecule has 2 N–H and O–H groups in total. The van der Waals surface area contributed by atoms with Crippen molar-refractivity contribution in [2.24, 2.45) is 0 Å². The minimum atomic E-state index is -0.312. The highest BCUT2D eigenvalue weighted by Gasteiger charge is 2.44. The molecule has 2 aliphatic carbocycles. The van der Waals surface area contributed by atoms with Crippen molar-refractivity contribution in [1.82, 2.24) is 40.2 Å². The Bertz CT molecular complexity index is 1790. The molecule has 10 nitrogen and oxygen atoms in total. The minimum Gasteiger partial charge on any atom is -0.341 e. The maximum Gasteiger partial charge on any atom is 0.315 e. The van der Waals surface area contributed by atoms with Crippen molar-refractivity contribution in [3.63, 3.8) is 0 Å². The lowest BCUT2D eigenvalue weighted by atomic mass is 9.94. The first-order chi connectivity index (χ1) is 19.8. The fourth-order valence-electron chi connectivity index (χ4n) is 6.11. The monoisotopic (exact) mass is 550 g/mol. The van der Waals surface area contributed by atoms with Crippen LogP contribution in [-0.4, -0.2) is 40.8 Å². The number of aromatic nitrogens is 7. The molecule has 0 spiro atoms. The number of rotatable bonds is 6. The highest BCUT2D eigenvalue weighted by molar-refractivity contribution is 5.92. The number of nitrogens with one attached hydrogen (secondary N) is 2. The number of carbonyl (C=O) groups excluding carboxylic acids is 1. The van der Waals surface area contributed by atoms with E-state index in [4.69, 9.17) is 9.51 Å². The zero-order valence-corrected chi connectivity index (χ0v) is 23.9. The van der Waals surface area contributed by atoms with Crippen LogP contribution in [0, 0.1) is 13.8 Å². The number of amides is 1. The van der Waals surface area contributed by atoms with Crippen molar-refractivity contribution in [2.45, 2.75) is 84.2 Å². The first-order valence-corrected chi connectivity index (χ1v) is 14.5. The predicted octanol–water partition coefficient (Wildman–Crippen LogP) is 5.76. The average Bonchev–Trinajstić information content (AvgIpc) is 3.28. The third kappa shape index (κ3) is 4.42. The van der Waals surface area contributed by atoms with Gasteiger partial charge in [-0.15, -0.1) is 0 Å². The van der Waals surface area contributed by atoms with Crippen molar-refractivity contribution in [2.75, 3.05) is 0 Å². The van der Waals surface area contributed by atoms with Crippen LogP contribution < -0.4 is 5.32 Å². The highest BCUT2D eigenvalue weighted by atomic mass is 16.5. The number of fused-ring (bicyclic) bond motifs is 2. The van der Waals surface area contributed by atoms with E-state index in [1.807, 2.05) is 23.9 Å². The molecule has 1 saturated carbocycles. The third-order valence-electron chi connectivity index (χ3n) is 8.79. The van der Waals surface area contributed by atoms with E-state index in [-0.39, 0.29) is 23.3 Å². The van der Waals surface area contributed by atoms with Crippen molar-refractivity contribution in [3.05, 3.63) is 64.7 Å². The smallest absolute Gasteiger partial charge is 0.315 e. The predicted molar refractivity (Wildman–Crippen MR) is 154 cm³/mol. The first kappa shape index (κ1) is 25.6. The topological polar surface area (TPSA) is 127 Å². The second kappa shape index (κ2) is 9.64. The fraction of sp³-hybridized carbons (Fsp3) is 0.419. The van der Waals surface area contributed by atoms with E-state index in [1.54, 1.807) is 0 Å². The van der Waals surface area contributed by atoms with E-state index in [0.717, 1.165) is 90.1 Å². The van der Waals surface area contributed by atoms with Crippen molar-refractivity contribution < 1.29 is 9.32 Å². The second-order valence-electron chi connectivity index (χ2n) is 11.7. The summed E-state index contributed by atoms with van der Waals surface area (Å²) in [6.07, 6.45) is 7.77.